The minimum Gasteiger partial charge on any atom is -0.497 e. The Morgan fingerprint density at radius 1 is 1.04 bits per heavy atom. The molecule has 0 aliphatic rings. The maximum atomic E-state index is 12.4. The van der Waals surface area contributed by atoms with Crippen LogP contribution in [-0.2, 0) is 0 Å². The predicted octanol–water partition coefficient (Wildman–Crippen LogP) is 3.92. The third-order valence-electron chi connectivity index (χ3n) is 3.12. The van der Waals surface area contributed by atoms with Gasteiger partial charge in [0, 0.05) is 23.9 Å². The van der Waals surface area contributed by atoms with Crippen LogP contribution in [0.1, 0.15) is 0 Å². The molecular weight excluding hydrogens is 337 g/mol. The van der Waals surface area contributed by atoms with Crippen LogP contribution in [0.25, 0.3) is 5.69 Å². The van der Waals surface area contributed by atoms with E-state index in [4.69, 9.17) is 4.74 Å². The van der Waals surface area contributed by atoms with E-state index in [2.05, 4.69) is 20.1 Å². The first-order chi connectivity index (χ1) is 11.9. The summed E-state index contributed by atoms with van der Waals surface area (Å²) in [5.74, 6) is 0.0126. The van der Waals surface area contributed by atoms with Crippen molar-refractivity contribution >= 4 is 11.6 Å². The SMILES string of the molecule is COc1cc(Nc2ncn(-c3ccccc3)n2)cc(OC(F)(F)F)c1. The quantitative estimate of drug-likeness (QED) is 0.756. The third-order valence-corrected chi connectivity index (χ3v) is 3.12. The van der Waals surface area contributed by atoms with E-state index in [1.54, 1.807) is 0 Å². The van der Waals surface area contributed by atoms with Crippen LogP contribution >= 0.6 is 0 Å². The first-order valence-corrected chi connectivity index (χ1v) is 7.12. The molecule has 0 bridgehead atoms. The van der Waals surface area contributed by atoms with Crippen molar-refractivity contribution in [2.45, 2.75) is 6.36 Å². The summed E-state index contributed by atoms with van der Waals surface area (Å²) in [5, 5.41) is 7.05. The number of methoxy groups -OCH3 is 1. The Kier molecular flexibility index (Phi) is 4.46. The normalized spacial score (nSPS) is 11.2. The molecule has 6 nitrogen and oxygen atoms in total. The van der Waals surface area contributed by atoms with E-state index in [0.717, 1.165) is 11.8 Å². The fourth-order valence-electron chi connectivity index (χ4n) is 2.11. The average molecular weight is 350 g/mol. The lowest BCUT2D eigenvalue weighted by molar-refractivity contribution is -0.274. The van der Waals surface area contributed by atoms with Gasteiger partial charge < -0.3 is 14.8 Å². The summed E-state index contributed by atoms with van der Waals surface area (Å²) in [7, 11) is 1.35. The summed E-state index contributed by atoms with van der Waals surface area (Å²) < 4.78 is 47.7. The first kappa shape index (κ1) is 16.6. The Labute approximate surface area is 140 Å². The Balaban J connectivity index is 1.83. The standard InChI is InChI=1S/C16H13F3N4O2/c1-24-13-7-11(8-14(9-13)25-16(17,18)19)21-15-20-10-23(22-15)12-5-3-2-4-6-12/h2-10H,1H3,(H,21,22). The van der Waals surface area contributed by atoms with Gasteiger partial charge >= 0.3 is 6.36 Å². The van der Waals surface area contributed by atoms with Crippen molar-refractivity contribution in [3.63, 3.8) is 0 Å². The van der Waals surface area contributed by atoms with Gasteiger partial charge in [-0.2, -0.15) is 4.98 Å². The highest BCUT2D eigenvalue weighted by molar-refractivity contribution is 5.59. The molecule has 0 radical (unpaired) electrons. The molecule has 3 aromatic rings. The molecule has 0 saturated carbocycles. The smallest absolute Gasteiger partial charge is 0.497 e. The lowest BCUT2D eigenvalue weighted by Gasteiger charge is -2.12. The second-order valence-electron chi connectivity index (χ2n) is 4.92. The Hall–Kier alpha value is -3.23. The van der Waals surface area contributed by atoms with Crippen molar-refractivity contribution in [3.05, 3.63) is 54.9 Å². The fourth-order valence-corrected chi connectivity index (χ4v) is 2.11. The number of hydrogen-bond acceptors (Lipinski definition) is 5. The molecule has 0 saturated heterocycles. The van der Waals surface area contributed by atoms with Crippen LogP contribution in [0.15, 0.2) is 54.9 Å². The zero-order valence-corrected chi connectivity index (χ0v) is 13.0. The molecule has 0 atom stereocenters. The molecule has 9 heteroatoms. The van der Waals surface area contributed by atoms with Crippen molar-refractivity contribution in [1.82, 2.24) is 14.8 Å². The van der Waals surface area contributed by atoms with Gasteiger partial charge in [0.15, 0.2) is 0 Å². The molecule has 0 amide bonds. The van der Waals surface area contributed by atoms with Crippen LogP contribution in [0.4, 0.5) is 24.8 Å². The van der Waals surface area contributed by atoms with E-state index in [0.29, 0.717) is 5.69 Å². The summed E-state index contributed by atoms with van der Waals surface area (Å²) in [6.07, 6.45) is -3.30. The molecule has 2 aromatic carbocycles. The van der Waals surface area contributed by atoms with E-state index in [-0.39, 0.29) is 11.7 Å². The maximum absolute atomic E-state index is 12.4. The van der Waals surface area contributed by atoms with Crippen LogP contribution in [0.2, 0.25) is 0 Å². The highest BCUT2D eigenvalue weighted by Gasteiger charge is 2.31. The number of hydrogen-bond donors (Lipinski definition) is 1. The molecule has 1 N–H and O–H groups in total. The molecule has 1 heterocycles. The highest BCUT2D eigenvalue weighted by atomic mass is 19.4. The molecule has 0 aliphatic carbocycles. The van der Waals surface area contributed by atoms with Crippen LogP contribution in [-0.4, -0.2) is 28.2 Å². The van der Waals surface area contributed by atoms with Gasteiger partial charge in [-0.05, 0) is 12.1 Å². The second-order valence-corrected chi connectivity index (χ2v) is 4.92. The summed E-state index contributed by atoms with van der Waals surface area (Å²) >= 11 is 0. The summed E-state index contributed by atoms with van der Waals surface area (Å²) in [6, 6.07) is 13.1. The van der Waals surface area contributed by atoms with Crippen LogP contribution in [0.3, 0.4) is 0 Å². The number of halogens is 3. The van der Waals surface area contributed by atoms with Crippen molar-refractivity contribution in [2.75, 3.05) is 12.4 Å². The monoisotopic (exact) mass is 350 g/mol. The van der Waals surface area contributed by atoms with E-state index in [1.165, 1.54) is 30.3 Å². The topological polar surface area (TPSA) is 61.2 Å². The maximum Gasteiger partial charge on any atom is 0.573 e. The van der Waals surface area contributed by atoms with Crippen molar-refractivity contribution in [1.29, 1.82) is 0 Å². The highest BCUT2D eigenvalue weighted by Crippen LogP contribution is 2.31. The Morgan fingerprint density at radius 3 is 2.44 bits per heavy atom. The number of benzene rings is 2. The molecule has 0 aliphatic heterocycles. The Bertz CT molecular complexity index is 850. The molecule has 0 unspecified atom stereocenters. The molecule has 0 spiro atoms. The first-order valence-electron chi connectivity index (χ1n) is 7.12. The van der Waals surface area contributed by atoms with Gasteiger partial charge in [-0.3, -0.25) is 0 Å². The van der Waals surface area contributed by atoms with E-state index in [1.807, 2.05) is 30.3 Å². The van der Waals surface area contributed by atoms with E-state index >= 15 is 0 Å². The second kappa shape index (κ2) is 6.71. The lowest BCUT2D eigenvalue weighted by atomic mass is 10.3. The van der Waals surface area contributed by atoms with Gasteiger partial charge in [0.1, 0.15) is 17.8 Å². The van der Waals surface area contributed by atoms with Crippen molar-refractivity contribution in [2.24, 2.45) is 0 Å². The van der Waals surface area contributed by atoms with Gasteiger partial charge in [-0.15, -0.1) is 18.3 Å². The minimum atomic E-state index is -4.79. The van der Waals surface area contributed by atoms with E-state index in [9.17, 15) is 13.2 Å². The van der Waals surface area contributed by atoms with Crippen molar-refractivity contribution in [3.8, 4) is 17.2 Å². The number of aromatic nitrogens is 3. The summed E-state index contributed by atoms with van der Waals surface area (Å²) in [4.78, 5) is 4.08. The van der Waals surface area contributed by atoms with E-state index < -0.39 is 12.1 Å². The zero-order chi connectivity index (χ0) is 17.9. The van der Waals surface area contributed by atoms with Crippen LogP contribution < -0.4 is 14.8 Å². The van der Waals surface area contributed by atoms with Crippen LogP contribution in [0.5, 0.6) is 11.5 Å². The summed E-state index contributed by atoms with van der Waals surface area (Å²) in [5.41, 5.74) is 1.10. The average Bonchev–Trinajstić information content (AvgIpc) is 3.02. The number of para-hydroxylation sites is 1. The predicted molar refractivity (Wildman–Crippen MR) is 84.3 cm³/mol. The molecule has 1 aromatic heterocycles. The molecular formula is C16H13F3N4O2. The number of alkyl halides is 3. The van der Waals surface area contributed by atoms with Gasteiger partial charge in [-0.25, -0.2) is 4.68 Å². The number of ether oxygens (including phenoxy) is 2. The number of anilines is 2. The van der Waals surface area contributed by atoms with Gasteiger partial charge in [0.05, 0.1) is 12.8 Å². The van der Waals surface area contributed by atoms with Gasteiger partial charge in [0.25, 0.3) is 0 Å². The zero-order valence-electron chi connectivity index (χ0n) is 13.0. The third kappa shape index (κ3) is 4.40. The minimum absolute atomic E-state index is 0.201. The number of rotatable bonds is 5. The largest absolute Gasteiger partial charge is 0.573 e. The summed E-state index contributed by atoms with van der Waals surface area (Å²) in [6.45, 7) is 0. The number of nitrogens with one attached hydrogen (secondary N) is 1. The fraction of sp³-hybridized carbons (Fsp3) is 0.125. The Morgan fingerprint density at radius 2 is 1.76 bits per heavy atom. The molecule has 0 fully saturated rings. The van der Waals surface area contributed by atoms with Gasteiger partial charge in [0.2, 0.25) is 5.95 Å². The van der Waals surface area contributed by atoms with Crippen LogP contribution in [0, 0.1) is 0 Å². The molecule has 130 valence electrons. The molecule has 25 heavy (non-hydrogen) atoms. The van der Waals surface area contributed by atoms with Gasteiger partial charge in [-0.1, -0.05) is 18.2 Å². The van der Waals surface area contributed by atoms with Crippen molar-refractivity contribution < 1.29 is 22.6 Å². The molecule has 3 rings (SSSR count). The lowest BCUT2D eigenvalue weighted by Crippen LogP contribution is -2.17. The number of nitrogens with zero attached hydrogens (tertiary/aromatic N) is 3.